The van der Waals surface area contributed by atoms with E-state index < -0.39 is 10.0 Å². The van der Waals surface area contributed by atoms with Gasteiger partial charge in [0.25, 0.3) is 0 Å². The molecule has 0 aliphatic rings. The average Bonchev–Trinajstić information content (AvgIpc) is 2.22. The second kappa shape index (κ2) is 5.65. The van der Waals surface area contributed by atoms with Crippen LogP contribution in [-0.4, -0.2) is 15.0 Å². The topological polar surface area (TPSA) is 72.2 Å². The number of rotatable bonds is 5. The highest BCUT2D eigenvalue weighted by molar-refractivity contribution is 9.10. The molecule has 0 aliphatic heterocycles. The van der Waals surface area contributed by atoms with E-state index in [9.17, 15) is 8.42 Å². The van der Waals surface area contributed by atoms with Crippen molar-refractivity contribution in [2.45, 2.75) is 24.7 Å². The number of halogens is 1. The predicted octanol–water partition coefficient (Wildman–Crippen LogP) is 2.11. The van der Waals surface area contributed by atoms with Gasteiger partial charge < -0.3 is 5.73 Å². The minimum absolute atomic E-state index is 0.227. The standard InChI is InChI=1S/C10H15BrN2O2S/c1-2-3-6-13-16(14,15)8-4-5-10(12)9(11)7-8/h4-5,7,13H,2-3,6,12H2,1H3. The molecule has 1 rings (SSSR count). The molecule has 0 radical (unpaired) electrons. The van der Waals surface area contributed by atoms with E-state index >= 15 is 0 Å². The smallest absolute Gasteiger partial charge is 0.240 e. The fourth-order valence-electron chi connectivity index (χ4n) is 1.14. The lowest BCUT2D eigenvalue weighted by atomic mass is 10.3. The lowest BCUT2D eigenvalue weighted by Crippen LogP contribution is -2.24. The van der Waals surface area contributed by atoms with Gasteiger partial charge in [0.2, 0.25) is 10.0 Å². The molecule has 0 unspecified atom stereocenters. The molecule has 0 saturated heterocycles. The summed E-state index contributed by atoms with van der Waals surface area (Å²) in [6, 6.07) is 4.57. The second-order valence-corrected chi connectivity index (χ2v) is 6.06. The van der Waals surface area contributed by atoms with E-state index in [1.165, 1.54) is 12.1 Å². The Bertz CT molecular complexity index is 460. The van der Waals surface area contributed by atoms with Crippen LogP contribution in [0.15, 0.2) is 27.6 Å². The third-order valence-electron chi connectivity index (χ3n) is 2.10. The lowest BCUT2D eigenvalue weighted by Gasteiger charge is -2.07. The van der Waals surface area contributed by atoms with Gasteiger partial charge in [0.1, 0.15) is 0 Å². The molecule has 0 aliphatic carbocycles. The normalized spacial score (nSPS) is 11.6. The zero-order valence-electron chi connectivity index (χ0n) is 9.03. The van der Waals surface area contributed by atoms with Crippen molar-refractivity contribution >= 4 is 31.6 Å². The number of hydrogen-bond donors (Lipinski definition) is 2. The Labute approximate surface area is 104 Å². The molecule has 0 atom stereocenters. The van der Waals surface area contributed by atoms with E-state index in [1.54, 1.807) is 6.07 Å². The molecule has 0 amide bonds. The summed E-state index contributed by atoms with van der Waals surface area (Å²) >= 11 is 3.20. The first kappa shape index (κ1) is 13.5. The Morgan fingerprint density at radius 1 is 1.44 bits per heavy atom. The Hall–Kier alpha value is -0.590. The quantitative estimate of drug-likeness (QED) is 0.646. The van der Waals surface area contributed by atoms with Crippen molar-refractivity contribution < 1.29 is 8.42 Å². The summed E-state index contributed by atoms with van der Waals surface area (Å²) in [5.41, 5.74) is 6.11. The molecule has 0 spiro atoms. The zero-order valence-corrected chi connectivity index (χ0v) is 11.4. The van der Waals surface area contributed by atoms with Crippen molar-refractivity contribution in [2.24, 2.45) is 0 Å². The van der Waals surface area contributed by atoms with Crippen LogP contribution in [0.5, 0.6) is 0 Å². The van der Waals surface area contributed by atoms with E-state index in [0.717, 1.165) is 12.8 Å². The van der Waals surface area contributed by atoms with Crippen LogP contribution >= 0.6 is 15.9 Å². The van der Waals surface area contributed by atoms with Crippen molar-refractivity contribution in [3.05, 3.63) is 22.7 Å². The van der Waals surface area contributed by atoms with E-state index in [-0.39, 0.29) is 4.90 Å². The minimum Gasteiger partial charge on any atom is -0.398 e. The number of nitrogen functional groups attached to an aromatic ring is 1. The van der Waals surface area contributed by atoms with Gasteiger partial charge in [0.15, 0.2) is 0 Å². The first-order valence-electron chi connectivity index (χ1n) is 5.02. The van der Waals surface area contributed by atoms with Crippen LogP contribution in [0.2, 0.25) is 0 Å². The highest BCUT2D eigenvalue weighted by Gasteiger charge is 2.13. The number of benzene rings is 1. The summed E-state index contributed by atoms with van der Waals surface area (Å²) in [6.07, 6.45) is 1.78. The number of sulfonamides is 1. The number of unbranched alkanes of at least 4 members (excludes halogenated alkanes) is 1. The summed E-state index contributed by atoms with van der Waals surface area (Å²) in [5.74, 6) is 0. The highest BCUT2D eigenvalue weighted by atomic mass is 79.9. The Morgan fingerprint density at radius 2 is 2.12 bits per heavy atom. The molecular formula is C10H15BrN2O2S. The zero-order chi connectivity index (χ0) is 12.2. The molecule has 90 valence electrons. The lowest BCUT2D eigenvalue weighted by molar-refractivity contribution is 0.578. The maximum absolute atomic E-state index is 11.8. The Balaban J connectivity index is 2.86. The third kappa shape index (κ3) is 3.47. The van der Waals surface area contributed by atoms with Crippen molar-refractivity contribution in [1.29, 1.82) is 0 Å². The molecule has 0 heterocycles. The molecule has 1 aromatic carbocycles. The number of nitrogens with two attached hydrogens (primary N) is 1. The maximum Gasteiger partial charge on any atom is 0.240 e. The molecule has 16 heavy (non-hydrogen) atoms. The van der Waals surface area contributed by atoms with Crippen LogP contribution in [0.3, 0.4) is 0 Å². The van der Waals surface area contributed by atoms with Crippen LogP contribution in [-0.2, 0) is 10.0 Å². The van der Waals surface area contributed by atoms with E-state index in [4.69, 9.17) is 5.73 Å². The average molecular weight is 307 g/mol. The first-order chi connectivity index (χ1) is 7.47. The molecule has 6 heteroatoms. The maximum atomic E-state index is 11.8. The van der Waals surface area contributed by atoms with Gasteiger partial charge in [-0.15, -0.1) is 0 Å². The van der Waals surface area contributed by atoms with Gasteiger partial charge in [0, 0.05) is 16.7 Å². The summed E-state index contributed by atoms with van der Waals surface area (Å²) in [4.78, 5) is 0.227. The van der Waals surface area contributed by atoms with Gasteiger partial charge in [-0.1, -0.05) is 13.3 Å². The second-order valence-electron chi connectivity index (χ2n) is 3.43. The van der Waals surface area contributed by atoms with Gasteiger partial charge >= 0.3 is 0 Å². The van der Waals surface area contributed by atoms with Crippen molar-refractivity contribution in [1.82, 2.24) is 4.72 Å². The van der Waals surface area contributed by atoms with Crippen LogP contribution < -0.4 is 10.5 Å². The van der Waals surface area contributed by atoms with E-state index in [1.807, 2.05) is 6.92 Å². The molecule has 1 aromatic rings. The number of anilines is 1. The summed E-state index contributed by atoms with van der Waals surface area (Å²) < 4.78 is 26.7. The highest BCUT2D eigenvalue weighted by Crippen LogP contribution is 2.22. The molecule has 0 aromatic heterocycles. The molecule has 0 saturated carbocycles. The van der Waals surface area contributed by atoms with Crippen molar-refractivity contribution in [3.63, 3.8) is 0 Å². The monoisotopic (exact) mass is 306 g/mol. The fraction of sp³-hybridized carbons (Fsp3) is 0.400. The van der Waals surface area contributed by atoms with Crippen LogP contribution in [0.25, 0.3) is 0 Å². The molecule has 0 fully saturated rings. The Morgan fingerprint density at radius 3 is 2.69 bits per heavy atom. The Kier molecular flexibility index (Phi) is 4.76. The molecule has 4 nitrogen and oxygen atoms in total. The summed E-state index contributed by atoms with van der Waals surface area (Å²) in [5, 5.41) is 0. The van der Waals surface area contributed by atoms with Gasteiger partial charge in [-0.3, -0.25) is 0 Å². The molecular weight excluding hydrogens is 292 g/mol. The SMILES string of the molecule is CCCCNS(=O)(=O)c1ccc(N)c(Br)c1. The molecule has 0 bridgehead atoms. The van der Waals surface area contributed by atoms with Gasteiger partial charge in [0.05, 0.1) is 4.90 Å². The van der Waals surface area contributed by atoms with Crippen LogP contribution in [0.1, 0.15) is 19.8 Å². The van der Waals surface area contributed by atoms with Crippen molar-refractivity contribution in [2.75, 3.05) is 12.3 Å². The van der Waals surface area contributed by atoms with Crippen LogP contribution in [0.4, 0.5) is 5.69 Å². The molecule has 3 N–H and O–H groups in total. The largest absolute Gasteiger partial charge is 0.398 e. The first-order valence-corrected chi connectivity index (χ1v) is 7.29. The minimum atomic E-state index is -3.41. The predicted molar refractivity (Wildman–Crippen MR) is 68.7 cm³/mol. The summed E-state index contributed by atoms with van der Waals surface area (Å²) in [6.45, 7) is 2.47. The van der Waals surface area contributed by atoms with Gasteiger partial charge in [-0.05, 0) is 40.5 Å². The van der Waals surface area contributed by atoms with E-state index in [0.29, 0.717) is 16.7 Å². The third-order valence-corrected chi connectivity index (χ3v) is 4.25. The van der Waals surface area contributed by atoms with Gasteiger partial charge in [-0.2, -0.15) is 0 Å². The fourth-order valence-corrected chi connectivity index (χ4v) is 2.77. The number of hydrogen-bond acceptors (Lipinski definition) is 3. The van der Waals surface area contributed by atoms with Gasteiger partial charge in [-0.25, -0.2) is 13.1 Å². The van der Waals surface area contributed by atoms with Crippen LogP contribution in [0, 0.1) is 0 Å². The van der Waals surface area contributed by atoms with E-state index in [2.05, 4.69) is 20.7 Å². The number of nitrogens with one attached hydrogen (secondary N) is 1. The van der Waals surface area contributed by atoms with Crippen molar-refractivity contribution in [3.8, 4) is 0 Å². The summed E-state index contributed by atoms with van der Waals surface area (Å²) in [7, 11) is -3.41.